The van der Waals surface area contributed by atoms with E-state index in [-0.39, 0.29) is 0 Å². The highest BCUT2D eigenvalue weighted by Crippen LogP contribution is 2.07. The molecule has 1 aromatic rings. The summed E-state index contributed by atoms with van der Waals surface area (Å²) in [7, 11) is 0. The summed E-state index contributed by atoms with van der Waals surface area (Å²) in [4.78, 5) is 4.21. The highest BCUT2D eigenvalue weighted by molar-refractivity contribution is 5.25. The lowest BCUT2D eigenvalue weighted by atomic mass is 10.2. The van der Waals surface area contributed by atoms with Gasteiger partial charge < -0.3 is 9.88 Å². The molecule has 0 saturated heterocycles. The highest BCUT2D eigenvalue weighted by atomic mass is 15.2. The Morgan fingerprint density at radius 1 is 1.58 bits per heavy atom. The van der Waals surface area contributed by atoms with Crippen LogP contribution in [0.15, 0.2) is 12.4 Å². The average Bonchev–Trinajstić information content (AvgIpc) is 2.37. The van der Waals surface area contributed by atoms with Crippen LogP contribution in [0.4, 0.5) is 5.95 Å². The fourth-order valence-corrected chi connectivity index (χ4v) is 1.18. The Morgan fingerprint density at radius 2 is 2.33 bits per heavy atom. The predicted molar refractivity (Wildman–Crippen MR) is 51.2 cm³/mol. The zero-order valence-electron chi connectivity index (χ0n) is 8.04. The van der Waals surface area contributed by atoms with Crippen LogP contribution in [0.5, 0.6) is 0 Å². The fraction of sp³-hybridized carbons (Fsp3) is 0.667. The largest absolute Gasteiger partial charge is 0.356 e. The molecule has 0 aliphatic carbocycles. The van der Waals surface area contributed by atoms with Crippen molar-refractivity contribution in [3.05, 3.63) is 12.4 Å². The van der Waals surface area contributed by atoms with Gasteiger partial charge in [-0.2, -0.15) is 0 Å². The lowest BCUT2D eigenvalue weighted by molar-refractivity contribution is 0.526. The number of imidazole rings is 1. The van der Waals surface area contributed by atoms with E-state index in [2.05, 4.69) is 35.6 Å². The monoisotopic (exact) mass is 167 g/mol. The van der Waals surface area contributed by atoms with Crippen molar-refractivity contribution in [2.24, 2.45) is 5.92 Å². The molecule has 0 aromatic carbocycles. The molecule has 68 valence electrons. The van der Waals surface area contributed by atoms with Crippen LogP contribution in [-0.4, -0.2) is 16.1 Å². The van der Waals surface area contributed by atoms with Crippen molar-refractivity contribution in [3.63, 3.8) is 0 Å². The predicted octanol–water partition coefficient (Wildman–Crippen LogP) is 1.97. The van der Waals surface area contributed by atoms with E-state index < -0.39 is 0 Å². The van der Waals surface area contributed by atoms with Gasteiger partial charge in [0.15, 0.2) is 0 Å². The van der Waals surface area contributed by atoms with Crippen LogP contribution in [0.1, 0.15) is 20.8 Å². The number of nitrogens with one attached hydrogen (secondary N) is 1. The Bertz CT molecular complexity index is 227. The first-order chi connectivity index (χ1) is 5.74. The van der Waals surface area contributed by atoms with Gasteiger partial charge in [-0.15, -0.1) is 0 Å². The molecule has 3 nitrogen and oxygen atoms in total. The third kappa shape index (κ3) is 2.26. The maximum atomic E-state index is 4.21. The molecule has 0 amide bonds. The summed E-state index contributed by atoms with van der Waals surface area (Å²) in [6.07, 6.45) is 3.85. The van der Waals surface area contributed by atoms with Gasteiger partial charge in [0.05, 0.1) is 0 Å². The Kier molecular flexibility index (Phi) is 3.14. The molecule has 0 atom stereocenters. The van der Waals surface area contributed by atoms with Crippen molar-refractivity contribution in [2.45, 2.75) is 27.3 Å². The quantitative estimate of drug-likeness (QED) is 0.743. The van der Waals surface area contributed by atoms with Gasteiger partial charge in [-0.25, -0.2) is 4.98 Å². The van der Waals surface area contributed by atoms with Crippen LogP contribution in [0.3, 0.4) is 0 Å². The minimum atomic E-state index is 0.664. The van der Waals surface area contributed by atoms with E-state index in [9.17, 15) is 0 Å². The van der Waals surface area contributed by atoms with Crippen LogP contribution in [-0.2, 0) is 6.54 Å². The van der Waals surface area contributed by atoms with Gasteiger partial charge in [0.2, 0.25) is 5.95 Å². The van der Waals surface area contributed by atoms with E-state index in [4.69, 9.17) is 0 Å². The molecule has 0 saturated carbocycles. The molecule has 1 heterocycles. The summed E-state index contributed by atoms with van der Waals surface area (Å²) in [5.74, 6) is 1.64. The van der Waals surface area contributed by atoms with Gasteiger partial charge in [-0.05, 0) is 12.8 Å². The Labute approximate surface area is 73.8 Å². The van der Waals surface area contributed by atoms with Crippen molar-refractivity contribution in [1.29, 1.82) is 0 Å². The lowest BCUT2D eigenvalue weighted by Gasteiger charge is -2.10. The van der Waals surface area contributed by atoms with Gasteiger partial charge in [0, 0.05) is 25.5 Å². The molecular formula is C9H17N3. The second kappa shape index (κ2) is 4.14. The second-order valence-electron chi connectivity index (χ2n) is 3.33. The number of hydrogen-bond donors (Lipinski definition) is 1. The summed E-state index contributed by atoms with van der Waals surface area (Å²) in [6.45, 7) is 8.44. The lowest BCUT2D eigenvalue weighted by Crippen LogP contribution is -2.09. The van der Waals surface area contributed by atoms with Gasteiger partial charge in [0.25, 0.3) is 0 Å². The third-order valence-electron chi connectivity index (χ3n) is 1.61. The van der Waals surface area contributed by atoms with Gasteiger partial charge in [-0.1, -0.05) is 13.8 Å². The molecule has 0 aliphatic rings. The minimum absolute atomic E-state index is 0.664. The van der Waals surface area contributed by atoms with Crippen molar-refractivity contribution in [1.82, 2.24) is 9.55 Å². The van der Waals surface area contributed by atoms with Gasteiger partial charge in [0.1, 0.15) is 0 Å². The number of anilines is 1. The Hall–Kier alpha value is -0.990. The van der Waals surface area contributed by atoms with E-state index in [0.717, 1.165) is 19.0 Å². The van der Waals surface area contributed by atoms with E-state index >= 15 is 0 Å². The smallest absolute Gasteiger partial charge is 0.202 e. The number of rotatable bonds is 4. The number of nitrogens with zero attached hydrogens (tertiary/aromatic N) is 2. The maximum Gasteiger partial charge on any atom is 0.202 e. The molecule has 3 heteroatoms. The van der Waals surface area contributed by atoms with Crippen molar-refractivity contribution in [2.75, 3.05) is 11.9 Å². The van der Waals surface area contributed by atoms with Crippen molar-refractivity contribution < 1.29 is 0 Å². The van der Waals surface area contributed by atoms with E-state index in [1.165, 1.54) is 0 Å². The minimum Gasteiger partial charge on any atom is -0.356 e. The fourth-order valence-electron chi connectivity index (χ4n) is 1.18. The first-order valence-corrected chi connectivity index (χ1v) is 4.49. The average molecular weight is 167 g/mol. The molecule has 0 fully saturated rings. The number of aromatic nitrogens is 2. The Morgan fingerprint density at radius 3 is 2.92 bits per heavy atom. The summed E-state index contributed by atoms with van der Waals surface area (Å²) < 4.78 is 2.15. The van der Waals surface area contributed by atoms with E-state index in [0.29, 0.717) is 5.92 Å². The van der Waals surface area contributed by atoms with Gasteiger partial charge in [-0.3, -0.25) is 0 Å². The van der Waals surface area contributed by atoms with E-state index in [1.807, 2.05) is 12.4 Å². The SMILES string of the molecule is CCNc1nccn1CC(C)C. The van der Waals surface area contributed by atoms with Crippen LogP contribution >= 0.6 is 0 Å². The summed E-state index contributed by atoms with van der Waals surface area (Å²) in [6, 6.07) is 0. The summed E-state index contributed by atoms with van der Waals surface area (Å²) >= 11 is 0. The molecular weight excluding hydrogens is 150 g/mol. The zero-order chi connectivity index (χ0) is 8.97. The first kappa shape index (κ1) is 9.10. The number of hydrogen-bond acceptors (Lipinski definition) is 2. The summed E-state index contributed by atoms with van der Waals surface area (Å²) in [5.41, 5.74) is 0. The van der Waals surface area contributed by atoms with Crippen LogP contribution < -0.4 is 5.32 Å². The Balaban J connectivity index is 2.63. The molecule has 0 spiro atoms. The molecule has 0 unspecified atom stereocenters. The third-order valence-corrected chi connectivity index (χ3v) is 1.61. The zero-order valence-corrected chi connectivity index (χ0v) is 8.04. The van der Waals surface area contributed by atoms with Gasteiger partial charge >= 0.3 is 0 Å². The molecule has 0 aliphatic heterocycles. The first-order valence-electron chi connectivity index (χ1n) is 4.49. The summed E-state index contributed by atoms with van der Waals surface area (Å²) in [5, 5.41) is 3.21. The second-order valence-corrected chi connectivity index (χ2v) is 3.33. The maximum absolute atomic E-state index is 4.21. The van der Waals surface area contributed by atoms with E-state index in [1.54, 1.807) is 0 Å². The van der Waals surface area contributed by atoms with Crippen LogP contribution in [0.2, 0.25) is 0 Å². The molecule has 0 radical (unpaired) electrons. The molecule has 12 heavy (non-hydrogen) atoms. The topological polar surface area (TPSA) is 29.9 Å². The normalized spacial score (nSPS) is 10.7. The molecule has 1 rings (SSSR count). The molecule has 1 aromatic heterocycles. The van der Waals surface area contributed by atoms with Crippen molar-refractivity contribution >= 4 is 5.95 Å². The van der Waals surface area contributed by atoms with Crippen LogP contribution in [0.25, 0.3) is 0 Å². The highest BCUT2D eigenvalue weighted by Gasteiger charge is 2.01. The molecule has 1 N–H and O–H groups in total. The molecule has 0 bridgehead atoms. The standard InChI is InChI=1S/C9H17N3/c1-4-10-9-11-5-6-12(9)7-8(2)3/h5-6,8H,4,7H2,1-3H3,(H,10,11). The van der Waals surface area contributed by atoms with Crippen LogP contribution in [0, 0.1) is 5.92 Å². The van der Waals surface area contributed by atoms with Crippen molar-refractivity contribution in [3.8, 4) is 0 Å².